The Balaban J connectivity index is 2.98. The zero-order valence-electron chi connectivity index (χ0n) is 13.1. The monoisotopic (exact) mass is 313 g/mol. The van der Waals surface area contributed by atoms with Crippen molar-refractivity contribution >= 4 is 23.3 Å². The molecule has 1 rings (SSSR count). The van der Waals surface area contributed by atoms with Gasteiger partial charge in [0.1, 0.15) is 5.82 Å². The van der Waals surface area contributed by atoms with Gasteiger partial charge in [-0.25, -0.2) is 4.98 Å². The van der Waals surface area contributed by atoms with E-state index in [2.05, 4.69) is 24.1 Å². The first-order valence-corrected chi connectivity index (χ1v) is 7.55. The minimum atomic E-state index is -0.0905. The minimum Gasteiger partial charge on any atom is -0.383 e. The lowest BCUT2D eigenvalue weighted by Gasteiger charge is -2.25. The molecule has 6 heteroatoms. The third-order valence-electron chi connectivity index (χ3n) is 2.88. The molecule has 0 fully saturated rings. The van der Waals surface area contributed by atoms with Crippen molar-refractivity contribution in [1.82, 2.24) is 9.88 Å². The molecule has 21 heavy (non-hydrogen) atoms. The van der Waals surface area contributed by atoms with E-state index in [-0.39, 0.29) is 5.91 Å². The van der Waals surface area contributed by atoms with Crippen molar-refractivity contribution in [3.8, 4) is 0 Å². The number of ether oxygens (including phenoxy) is 1. The van der Waals surface area contributed by atoms with Crippen molar-refractivity contribution < 1.29 is 9.53 Å². The smallest absolute Gasteiger partial charge is 0.255 e. The van der Waals surface area contributed by atoms with Gasteiger partial charge in [-0.2, -0.15) is 0 Å². The van der Waals surface area contributed by atoms with Gasteiger partial charge in [0.05, 0.1) is 17.2 Å². The largest absolute Gasteiger partial charge is 0.383 e. The highest BCUT2D eigenvalue weighted by Crippen LogP contribution is 2.20. The van der Waals surface area contributed by atoms with Crippen LogP contribution in [0.3, 0.4) is 0 Å². The topological polar surface area (TPSA) is 54.5 Å². The summed E-state index contributed by atoms with van der Waals surface area (Å²) in [5.41, 5.74) is 0.472. The van der Waals surface area contributed by atoms with E-state index in [0.717, 1.165) is 6.54 Å². The first-order chi connectivity index (χ1) is 9.99. The number of hydrogen-bond acceptors (Lipinski definition) is 4. The Morgan fingerprint density at radius 3 is 2.81 bits per heavy atom. The van der Waals surface area contributed by atoms with E-state index >= 15 is 0 Å². The summed E-state index contributed by atoms with van der Waals surface area (Å²) in [7, 11) is 1.63. The fourth-order valence-corrected chi connectivity index (χ4v) is 2.15. The highest BCUT2D eigenvalue weighted by Gasteiger charge is 2.20. The fraction of sp³-hybridized carbons (Fsp3) is 0.600. The van der Waals surface area contributed by atoms with Crippen LogP contribution in [0, 0.1) is 5.92 Å². The summed E-state index contributed by atoms with van der Waals surface area (Å²) in [5, 5.41) is 3.46. The summed E-state index contributed by atoms with van der Waals surface area (Å²) in [6.07, 6.45) is 1.51. The zero-order chi connectivity index (χ0) is 15.8. The first kappa shape index (κ1) is 17.7. The molecule has 0 atom stereocenters. The molecule has 1 aromatic rings. The number of aromatic nitrogens is 1. The van der Waals surface area contributed by atoms with Gasteiger partial charge in [-0.1, -0.05) is 25.4 Å². The second-order valence-electron chi connectivity index (χ2n) is 5.22. The lowest BCUT2D eigenvalue weighted by Crippen LogP contribution is -2.37. The van der Waals surface area contributed by atoms with E-state index in [1.165, 1.54) is 6.20 Å². The first-order valence-electron chi connectivity index (χ1n) is 7.17. The number of hydrogen-bond donors (Lipinski definition) is 1. The Labute approximate surface area is 131 Å². The lowest BCUT2D eigenvalue weighted by atomic mass is 10.1. The molecule has 0 saturated carbocycles. The van der Waals surface area contributed by atoms with Crippen molar-refractivity contribution in [2.24, 2.45) is 5.92 Å². The van der Waals surface area contributed by atoms with Gasteiger partial charge < -0.3 is 15.0 Å². The Morgan fingerprint density at radius 1 is 1.52 bits per heavy atom. The molecule has 1 N–H and O–H groups in total. The van der Waals surface area contributed by atoms with Gasteiger partial charge in [-0.05, 0) is 18.9 Å². The summed E-state index contributed by atoms with van der Waals surface area (Å²) in [5.74, 6) is 0.938. The van der Waals surface area contributed by atoms with Gasteiger partial charge in [0.2, 0.25) is 0 Å². The Bertz CT molecular complexity index is 466. The predicted octanol–water partition coefficient (Wildman–Crippen LogP) is 2.91. The van der Waals surface area contributed by atoms with Crippen LogP contribution in [0.15, 0.2) is 12.3 Å². The quantitative estimate of drug-likeness (QED) is 0.802. The van der Waals surface area contributed by atoms with Gasteiger partial charge in [0.25, 0.3) is 5.91 Å². The number of halogens is 1. The van der Waals surface area contributed by atoms with E-state index in [1.807, 2.05) is 6.92 Å². The van der Waals surface area contributed by atoms with E-state index in [4.69, 9.17) is 16.3 Å². The van der Waals surface area contributed by atoms with Gasteiger partial charge in [-0.3, -0.25) is 4.79 Å². The van der Waals surface area contributed by atoms with Crippen LogP contribution < -0.4 is 5.32 Å². The van der Waals surface area contributed by atoms with Crippen LogP contribution >= 0.6 is 11.6 Å². The van der Waals surface area contributed by atoms with Crippen molar-refractivity contribution in [3.63, 3.8) is 0 Å². The van der Waals surface area contributed by atoms with Gasteiger partial charge in [-0.15, -0.1) is 0 Å². The van der Waals surface area contributed by atoms with E-state index in [1.54, 1.807) is 18.1 Å². The number of carbonyl (C=O) groups excluding carboxylic acids is 1. The highest BCUT2D eigenvalue weighted by atomic mass is 35.5. The van der Waals surface area contributed by atoms with E-state index in [9.17, 15) is 4.79 Å². The minimum absolute atomic E-state index is 0.0905. The molecular weight excluding hydrogens is 290 g/mol. The second-order valence-corrected chi connectivity index (χ2v) is 5.62. The van der Waals surface area contributed by atoms with Crippen LogP contribution in [-0.4, -0.2) is 49.1 Å². The normalized spacial score (nSPS) is 10.8. The Hall–Kier alpha value is -1.33. The molecule has 1 aromatic heterocycles. The Kier molecular flexibility index (Phi) is 7.47. The zero-order valence-corrected chi connectivity index (χ0v) is 13.9. The SMILES string of the molecule is CCNc1cc(C(=O)N(CCOC)CC(C)C)c(Cl)cn1. The number of methoxy groups -OCH3 is 1. The molecule has 118 valence electrons. The van der Waals surface area contributed by atoms with Crippen LogP contribution in [0.5, 0.6) is 0 Å². The highest BCUT2D eigenvalue weighted by molar-refractivity contribution is 6.33. The summed E-state index contributed by atoms with van der Waals surface area (Å²) >= 11 is 6.14. The molecule has 0 radical (unpaired) electrons. The number of amides is 1. The predicted molar refractivity (Wildman–Crippen MR) is 86.0 cm³/mol. The third kappa shape index (κ3) is 5.52. The van der Waals surface area contributed by atoms with Crippen LogP contribution in [-0.2, 0) is 4.74 Å². The maximum absolute atomic E-state index is 12.7. The van der Waals surface area contributed by atoms with Gasteiger partial charge in [0, 0.05) is 32.9 Å². The van der Waals surface area contributed by atoms with Crippen molar-refractivity contribution in [1.29, 1.82) is 0 Å². The molecule has 1 heterocycles. The summed E-state index contributed by atoms with van der Waals surface area (Å²) in [6.45, 7) is 8.57. The number of carbonyl (C=O) groups is 1. The van der Waals surface area contributed by atoms with Crippen molar-refractivity contribution in [2.45, 2.75) is 20.8 Å². The molecule has 0 bridgehead atoms. The maximum atomic E-state index is 12.7. The van der Waals surface area contributed by atoms with E-state index in [0.29, 0.717) is 42.0 Å². The van der Waals surface area contributed by atoms with Crippen LogP contribution in [0.25, 0.3) is 0 Å². The molecule has 5 nitrogen and oxygen atoms in total. The standard InChI is InChI=1S/C15H24ClN3O2/c1-5-17-14-8-12(13(16)9-18-14)15(20)19(6-7-21-4)10-11(2)3/h8-9,11H,5-7,10H2,1-4H3,(H,17,18). The second kappa shape index (κ2) is 8.85. The molecule has 0 saturated heterocycles. The third-order valence-corrected chi connectivity index (χ3v) is 3.18. The fourth-order valence-electron chi connectivity index (χ4n) is 1.97. The number of nitrogens with one attached hydrogen (secondary N) is 1. The molecule has 0 aliphatic rings. The van der Waals surface area contributed by atoms with Crippen LogP contribution in [0.2, 0.25) is 5.02 Å². The molecule has 0 aliphatic carbocycles. The molecule has 0 aromatic carbocycles. The molecule has 1 amide bonds. The van der Waals surface area contributed by atoms with Gasteiger partial charge in [0.15, 0.2) is 0 Å². The van der Waals surface area contributed by atoms with Gasteiger partial charge >= 0.3 is 0 Å². The number of anilines is 1. The molecule has 0 spiro atoms. The van der Waals surface area contributed by atoms with E-state index < -0.39 is 0 Å². The average molecular weight is 314 g/mol. The van der Waals surface area contributed by atoms with Crippen molar-refractivity contribution in [3.05, 3.63) is 22.8 Å². The van der Waals surface area contributed by atoms with Crippen LogP contribution in [0.4, 0.5) is 5.82 Å². The number of rotatable bonds is 8. The molecule has 0 unspecified atom stereocenters. The lowest BCUT2D eigenvalue weighted by molar-refractivity contribution is 0.0672. The Morgan fingerprint density at radius 2 is 2.24 bits per heavy atom. The summed E-state index contributed by atoms with van der Waals surface area (Å²) < 4.78 is 5.08. The van der Waals surface area contributed by atoms with Crippen molar-refractivity contribution in [2.75, 3.05) is 38.7 Å². The van der Waals surface area contributed by atoms with Crippen LogP contribution in [0.1, 0.15) is 31.1 Å². The summed E-state index contributed by atoms with van der Waals surface area (Å²) in [4.78, 5) is 18.6. The average Bonchev–Trinajstić information content (AvgIpc) is 2.44. The molecule has 0 aliphatic heterocycles. The maximum Gasteiger partial charge on any atom is 0.255 e. The number of pyridine rings is 1. The summed E-state index contributed by atoms with van der Waals surface area (Å²) in [6, 6.07) is 1.70. The number of nitrogens with zero attached hydrogens (tertiary/aromatic N) is 2. The molecular formula is C15H24ClN3O2.